The van der Waals surface area contributed by atoms with Crippen molar-refractivity contribution in [3.05, 3.63) is 12.7 Å². The van der Waals surface area contributed by atoms with Gasteiger partial charge in [0.1, 0.15) is 0 Å². The fourth-order valence-corrected chi connectivity index (χ4v) is 1.33. The molecule has 0 amide bonds. The molecule has 0 aliphatic carbocycles. The smallest absolute Gasteiger partial charge is 0.0563 e. The zero-order valence-corrected chi connectivity index (χ0v) is 9.13. The maximum atomic E-state index is 9.51. The summed E-state index contributed by atoms with van der Waals surface area (Å²) in [5.74, 6) is 0.410. The molecule has 1 heteroatoms. The second-order valence-electron chi connectivity index (χ2n) is 4.09. The predicted octanol–water partition coefficient (Wildman–Crippen LogP) is 3.53. The number of hydrogen-bond acceptors (Lipinski definition) is 1. The normalized spacial score (nSPS) is 13.2. The van der Waals surface area contributed by atoms with Gasteiger partial charge in [0.05, 0.1) is 6.10 Å². The molecule has 0 aliphatic heterocycles. The number of aliphatic hydroxyl groups excluding tert-OH is 1. The first-order valence-electron chi connectivity index (χ1n) is 5.47. The Hall–Kier alpha value is -0.300. The van der Waals surface area contributed by atoms with Crippen molar-refractivity contribution in [2.24, 2.45) is 5.92 Å². The van der Waals surface area contributed by atoms with Crippen LogP contribution in [0.5, 0.6) is 0 Å². The van der Waals surface area contributed by atoms with E-state index in [1.807, 2.05) is 6.08 Å². The Labute approximate surface area is 82.9 Å². The molecule has 0 bridgehead atoms. The summed E-state index contributed by atoms with van der Waals surface area (Å²) in [5, 5.41) is 9.51. The minimum Gasteiger partial charge on any atom is -0.393 e. The molecular weight excluding hydrogens is 160 g/mol. The van der Waals surface area contributed by atoms with Gasteiger partial charge in [-0.3, -0.25) is 0 Å². The van der Waals surface area contributed by atoms with Crippen LogP contribution in [-0.2, 0) is 0 Å². The number of unbranched alkanes of at least 4 members (excludes halogenated alkanes) is 4. The van der Waals surface area contributed by atoms with Crippen LogP contribution in [0.15, 0.2) is 12.7 Å². The lowest BCUT2D eigenvalue weighted by atomic mass is 10.0. The number of allylic oxidation sites excluding steroid dienone is 1. The fraction of sp³-hybridized carbons (Fsp3) is 0.833. The zero-order valence-electron chi connectivity index (χ0n) is 9.13. The molecule has 0 fully saturated rings. The van der Waals surface area contributed by atoms with E-state index in [1.165, 1.54) is 19.3 Å². The third-order valence-corrected chi connectivity index (χ3v) is 2.43. The Bertz CT molecular complexity index is 118. The van der Waals surface area contributed by atoms with Crippen LogP contribution in [0.3, 0.4) is 0 Å². The molecule has 0 saturated carbocycles. The van der Waals surface area contributed by atoms with Gasteiger partial charge >= 0.3 is 0 Å². The quantitative estimate of drug-likeness (QED) is 0.452. The second kappa shape index (κ2) is 8.31. The third kappa shape index (κ3) is 8.04. The molecule has 1 unspecified atom stereocenters. The topological polar surface area (TPSA) is 20.2 Å². The Kier molecular flexibility index (Phi) is 8.11. The first-order chi connectivity index (χ1) is 6.18. The van der Waals surface area contributed by atoms with Crippen molar-refractivity contribution < 1.29 is 5.11 Å². The van der Waals surface area contributed by atoms with Crippen molar-refractivity contribution in [1.82, 2.24) is 0 Å². The highest BCUT2D eigenvalue weighted by Gasteiger charge is 2.07. The average Bonchev–Trinajstić information content (AvgIpc) is 2.10. The van der Waals surface area contributed by atoms with Gasteiger partial charge in [-0.2, -0.15) is 0 Å². The Balaban J connectivity index is 3.11. The van der Waals surface area contributed by atoms with E-state index in [1.54, 1.807) is 0 Å². The summed E-state index contributed by atoms with van der Waals surface area (Å²) < 4.78 is 0. The Morgan fingerprint density at radius 2 is 1.77 bits per heavy atom. The second-order valence-corrected chi connectivity index (χ2v) is 4.09. The first kappa shape index (κ1) is 12.7. The van der Waals surface area contributed by atoms with Crippen molar-refractivity contribution in [3.63, 3.8) is 0 Å². The van der Waals surface area contributed by atoms with Crippen LogP contribution in [-0.4, -0.2) is 11.2 Å². The van der Waals surface area contributed by atoms with Gasteiger partial charge in [0.2, 0.25) is 0 Å². The Morgan fingerprint density at radius 1 is 1.15 bits per heavy atom. The molecule has 0 rings (SSSR count). The van der Waals surface area contributed by atoms with E-state index in [4.69, 9.17) is 0 Å². The summed E-state index contributed by atoms with van der Waals surface area (Å²) in [4.78, 5) is 0. The number of aliphatic hydroxyl groups is 1. The number of rotatable bonds is 8. The molecule has 1 atom stereocenters. The Morgan fingerprint density at radius 3 is 2.31 bits per heavy atom. The highest BCUT2D eigenvalue weighted by atomic mass is 16.3. The molecule has 0 heterocycles. The van der Waals surface area contributed by atoms with Gasteiger partial charge in [-0.05, 0) is 25.2 Å². The van der Waals surface area contributed by atoms with Crippen molar-refractivity contribution in [2.45, 2.75) is 58.5 Å². The molecule has 1 N–H and O–H groups in total. The monoisotopic (exact) mass is 184 g/mol. The largest absolute Gasteiger partial charge is 0.393 e. The summed E-state index contributed by atoms with van der Waals surface area (Å²) in [6, 6.07) is 0. The van der Waals surface area contributed by atoms with E-state index in [0.29, 0.717) is 5.92 Å². The molecule has 0 aromatic carbocycles. The van der Waals surface area contributed by atoms with Crippen molar-refractivity contribution in [2.75, 3.05) is 0 Å². The third-order valence-electron chi connectivity index (χ3n) is 2.43. The van der Waals surface area contributed by atoms with Crippen LogP contribution < -0.4 is 0 Å². The minimum atomic E-state index is -0.0978. The molecule has 13 heavy (non-hydrogen) atoms. The van der Waals surface area contributed by atoms with E-state index < -0.39 is 0 Å². The van der Waals surface area contributed by atoms with E-state index in [9.17, 15) is 5.11 Å². The van der Waals surface area contributed by atoms with Gasteiger partial charge in [-0.1, -0.05) is 39.2 Å². The van der Waals surface area contributed by atoms with E-state index in [0.717, 1.165) is 19.3 Å². The van der Waals surface area contributed by atoms with Crippen LogP contribution in [0.25, 0.3) is 0 Å². The summed E-state index contributed by atoms with van der Waals surface area (Å²) in [5.41, 5.74) is 0. The molecule has 0 radical (unpaired) electrons. The highest BCUT2D eigenvalue weighted by Crippen LogP contribution is 2.12. The summed E-state index contributed by atoms with van der Waals surface area (Å²) >= 11 is 0. The zero-order chi connectivity index (χ0) is 10.1. The lowest BCUT2D eigenvalue weighted by Crippen LogP contribution is -2.13. The average molecular weight is 184 g/mol. The van der Waals surface area contributed by atoms with E-state index in [-0.39, 0.29) is 6.10 Å². The lowest BCUT2D eigenvalue weighted by Gasteiger charge is -2.13. The van der Waals surface area contributed by atoms with Crippen molar-refractivity contribution in [3.8, 4) is 0 Å². The van der Waals surface area contributed by atoms with E-state index >= 15 is 0 Å². The fourth-order valence-electron chi connectivity index (χ4n) is 1.33. The maximum absolute atomic E-state index is 9.51. The van der Waals surface area contributed by atoms with Crippen LogP contribution in [0.4, 0.5) is 0 Å². The molecular formula is C12H24O. The van der Waals surface area contributed by atoms with Gasteiger partial charge in [0, 0.05) is 0 Å². The standard InChI is InChI=1S/C12H24O/c1-4-5-6-7-8-9-10-12(13)11(2)3/h4,11-13H,1,5-10H2,2-3H3. The van der Waals surface area contributed by atoms with Gasteiger partial charge < -0.3 is 5.11 Å². The highest BCUT2D eigenvalue weighted by molar-refractivity contribution is 4.65. The van der Waals surface area contributed by atoms with Crippen LogP contribution in [0.1, 0.15) is 52.4 Å². The van der Waals surface area contributed by atoms with Crippen LogP contribution in [0.2, 0.25) is 0 Å². The molecule has 0 aromatic rings. The molecule has 0 aliphatic rings. The lowest BCUT2D eigenvalue weighted by molar-refractivity contribution is 0.113. The summed E-state index contributed by atoms with van der Waals surface area (Å²) in [6.45, 7) is 7.83. The molecule has 0 aromatic heterocycles. The van der Waals surface area contributed by atoms with Gasteiger partial charge in [0.15, 0.2) is 0 Å². The van der Waals surface area contributed by atoms with Crippen molar-refractivity contribution >= 4 is 0 Å². The summed E-state index contributed by atoms with van der Waals surface area (Å²) in [7, 11) is 0. The SMILES string of the molecule is C=CCCCCCCC(O)C(C)C. The van der Waals surface area contributed by atoms with Crippen molar-refractivity contribution in [1.29, 1.82) is 0 Å². The van der Waals surface area contributed by atoms with Gasteiger partial charge in [-0.25, -0.2) is 0 Å². The van der Waals surface area contributed by atoms with Gasteiger partial charge in [0.25, 0.3) is 0 Å². The van der Waals surface area contributed by atoms with Crippen LogP contribution >= 0.6 is 0 Å². The van der Waals surface area contributed by atoms with E-state index in [2.05, 4.69) is 20.4 Å². The van der Waals surface area contributed by atoms with Crippen LogP contribution in [0, 0.1) is 5.92 Å². The first-order valence-corrected chi connectivity index (χ1v) is 5.47. The molecule has 0 spiro atoms. The maximum Gasteiger partial charge on any atom is 0.0563 e. The number of hydrogen-bond donors (Lipinski definition) is 1. The van der Waals surface area contributed by atoms with Gasteiger partial charge in [-0.15, -0.1) is 6.58 Å². The predicted molar refractivity (Wildman–Crippen MR) is 58.7 cm³/mol. The molecule has 1 nitrogen and oxygen atoms in total. The molecule has 0 saturated heterocycles. The summed E-state index contributed by atoms with van der Waals surface area (Å²) in [6.07, 6.45) is 8.91. The minimum absolute atomic E-state index is 0.0978. The molecule has 78 valence electrons.